The maximum atomic E-state index is 12.0. The van der Waals surface area contributed by atoms with Crippen molar-refractivity contribution in [2.45, 2.75) is 13.8 Å². The first kappa shape index (κ1) is 13.2. The van der Waals surface area contributed by atoms with Crippen LogP contribution in [0.4, 0.5) is 0 Å². The molecule has 0 saturated heterocycles. The minimum Gasteiger partial charge on any atom is -0.289 e. The maximum absolute atomic E-state index is 12.0. The van der Waals surface area contributed by atoms with E-state index in [-0.39, 0.29) is 5.78 Å². The van der Waals surface area contributed by atoms with Gasteiger partial charge >= 0.3 is 0 Å². The van der Waals surface area contributed by atoms with Gasteiger partial charge in [0.15, 0.2) is 5.78 Å². The molecule has 0 unspecified atom stereocenters. The van der Waals surface area contributed by atoms with E-state index in [0.29, 0.717) is 0 Å². The van der Waals surface area contributed by atoms with Gasteiger partial charge in [0.05, 0.1) is 0 Å². The molecule has 0 aliphatic heterocycles. The molecule has 1 aromatic heterocycles. The van der Waals surface area contributed by atoms with Crippen molar-refractivity contribution in [3.63, 3.8) is 0 Å². The molecule has 0 radical (unpaired) electrons. The van der Waals surface area contributed by atoms with Crippen LogP contribution in [-0.4, -0.2) is 5.78 Å². The smallest absolute Gasteiger partial charge is 0.186 e. The van der Waals surface area contributed by atoms with E-state index < -0.39 is 0 Å². The number of hydrogen-bond acceptors (Lipinski definition) is 2. The number of halogens is 1. The van der Waals surface area contributed by atoms with Crippen molar-refractivity contribution in [2.75, 3.05) is 0 Å². The van der Waals surface area contributed by atoms with Gasteiger partial charge in [-0.25, -0.2) is 0 Å². The summed E-state index contributed by atoms with van der Waals surface area (Å²) < 4.78 is 1.04. The molecular formula is C15H13BrOS. The van der Waals surface area contributed by atoms with E-state index >= 15 is 0 Å². The van der Waals surface area contributed by atoms with Crippen molar-refractivity contribution in [3.8, 4) is 0 Å². The second kappa shape index (κ2) is 5.63. The van der Waals surface area contributed by atoms with Gasteiger partial charge in [-0.2, -0.15) is 0 Å². The fraction of sp³-hybridized carbons (Fsp3) is 0.133. The average molecular weight is 321 g/mol. The van der Waals surface area contributed by atoms with Gasteiger partial charge in [-0.05, 0) is 43.7 Å². The summed E-state index contributed by atoms with van der Waals surface area (Å²) in [7, 11) is 0. The first-order chi connectivity index (χ1) is 8.56. The molecule has 0 spiro atoms. The van der Waals surface area contributed by atoms with Crippen LogP contribution in [0.15, 0.2) is 40.9 Å². The van der Waals surface area contributed by atoms with Gasteiger partial charge < -0.3 is 0 Å². The predicted octanol–water partition coefficient (Wildman–Crippen LogP) is 5.02. The zero-order valence-corrected chi connectivity index (χ0v) is 12.6. The highest BCUT2D eigenvalue weighted by molar-refractivity contribution is 9.10. The molecule has 0 amide bonds. The molecule has 0 N–H and O–H groups in total. The maximum Gasteiger partial charge on any atom is 0.186 e. The largest absolute Gasteiger partial charge is 0.289 e. The lowest BCUT2D eigenvalue weighted by Crippen LogP contribution is -1.93. The number of carbonyl (C=O) groups excluding carboxylic acids is 1. The number of allylic oxidation sites excluding steroid dienone is 1. The summed E-state index contributed by atoms with van der Waals surface area (Å²) in [6.45, 7) is 4.01. The summed E-state index contributed by atoms with van der Waals surface area (Å²) in [5, 5.41) is 0. The van der Waals surface area contributed by atoms with Crippen LogP contribution >= 0.6 is 27.3 Å². The zero-order chi connectivity index (χ0) is 13.1. The molecule has 3 heteroatoms. The molecule has 18 heavy (non-hydrogen) atoms. The first-order valence-corrected chi connectivity index (χ1v) is 7.22. The predicted molar refractivity (Wildman–Crippen MR) is 81.3 cm³/mol. The molecule has 2 rings (SSSR count). The number of benzene rings is 1. The summed E-state index contributed by atoms with van der Waals surface area (Å²) in [5.74, 6) is 0.0692. The van der Waals surface area contributed by atoms with Gasteiger partial charge in [0.25, 0.3) is 0 Å². The normalized spacial score (nSPS) is 11.1. The van der Waals surface area contributed by atoms with E-state index in [1.54, 1.807) is 17.4 Å². The van der Waals surface area contributed by atoms with E-state index in [4.69, 9.17) is 0 Å². The molecule has 0 saturated carbocycles. The highest BCUT2D eigenvalue weighted by atomic mass is 79.9. The van der Waals surface area contributed by atoms with E-state index in [9.17, 15) is 4.79 Å². The van der Waals surface area contributed by atoms with Gasteiger partial charge in [0.1, 0.15) is 0 Å². The number of rotatable bonds is 3. The van der Waals surface area contributed by atoms with Crippen LogP contribution in [0.1, 0.15) is 25.7 Å². The quantitative estimate of drug-likeness (QED) is 0.573. The molecule has 1 aromatic carbocycles. The number of carbonyl (C=O) groups is 1. The Labute approximate surface area is 119 Å². The third-order valence-electron chi connectivity index (χ3n) is 2.60. The van der Waals surface area contributed by atoms with Crippen molar-refractivity contribution in [2.24, 2.45) is 0 Å². The Hall–Kier alpha value is -1.19. The van der Waals surface area contributed by atoms with Crippen molar-refractivity contribution >= 4 is 39.1 Å². The number of hydrogen-bond donors (Lipinski definition) is 0. The second-order valence-corrected chi connectivity index (χ2v) is 6.45. The van der Waals surface area contributed by atoms with Gasteiger partial charge in [0, 0.05) is 19.8 Å². The molecule has 0 atom stereocenters. The van der Waals surface area contributed by atoms with Gasteiger partial charge in [0.2, 0.25) is 0 Å². The monoisotopic (exact) mass is 320 g/mol. The van der Waals surface area contributed by atoms with Gasteiger partial charge in [-0.3, -0.25) is 4.79 Å². The Balaban J connectivity index is 2.16. The lowest BCUT2D eigenvalue weighted by atomic mass is 10.1. The van der Waals surface area contributed by atoms with Crippen LogP contribution in [0.25, 0.3) is 6.08 Å². The Morgan fingerprint density at radius 1 is 1.22 bits per heavy atom. The zero-order valence-electron chi connectivity index (χ0n) is 10.2. The SMILES string of the molecule is Cc1cc(C(=O)/C=C/c2ccc(Br)cc2)c(C)s1. The van der Waals surface area contributed by atoms with E-state index in [0.717, 1.165) is 20.5 Å². The van der Waals surface area contributed by atoms with E-state index in [1.165, 1.54) is 4.88 Å². The highest BCUT2D eigenvalue weighted by Gasteiger charge is 2.08. The van der Waals surface area contributed by atoms with Crippen molar-refractivity contribution in [1.82, 2.24) is 0 Å². The summed E-state index contributed by atoms with van der Waals surface area (Å²) in [6, 6.07) is 9.82. The lowest BCUT2D eigenvalue weighted by molar-refractivity contribution is 0.104. The highest BCUT2D eigenvalue weighted by Crippen LogP contribution is 2.21. The Kier molecular flexibility index (Phi) is 4.15. The standard InChI is InChI=1S/C15H13BrOS/c1-10-9-14(11(2)18-10)15(17)8-5-12-3-6-13(16)7-4-12/h3-9H,1-2H3/b8-5+. The fourth-order valence-corrected chi connectivity index (χ4v) is 2.90. The van der Waals surface area contributed by atoms with Crippen LogP contribution < -0.4 is 0 Å². The third kappa shape index (κ3) is 3.18. The van der Waals surface area contributed by atoms with Crippen LogP contribution in [0.2, 0.25) is 0 Å². The van der Waals surface area contributed by atoms with Crippen LogP contribution in [0.5, 0.6) is 0 Å². The first-order valence-electron chi connectivity index (χ1n) is 5.61. The molecule has 1 heterocycles. The Morgan fingerprint density at radius 2 is 1.89 bits per heavy atom. The summed E-state index contributed by atoms with van der Waals surface area (Å²) in [6.07, 6.45) is 3.49. The molecule has 0 bridgehead atoms. The van der Waals surface area contributed by atoms with Crippen LogP contribution in [0.3, 0.4) is 0 Å². The van der Waals surface area contributed by atoms with Crippen LogP contribution in [-0.2, 0) is 0 Å². The average Bonchev–Trinajstić information content (AvgIpc) is 2.67. The molecule has 0 aliphatic carbocycles. The summed E-state index contributed by atoms with van der Waals surface area (Å²) in [4.78, 5) is 14.3. The molecular weight excluding hydrogens is 308 g/mol. The second-order valence-electron chi connectivity index (χ2n) is 4.08. The van der Waals surface area contributed by atoms with E-state index in [1.807, 2.05) is 50.3 Å². The summed E-state index contributed by atoms with van der Waals surface area (Å²) in [5.41, 5.74) is 1.84. The Morgan fingerprint density at radius 3 is 2.44 bits per heavy atom. The van der Waals surface area contributed by atoms with Crippen molar-refractivity contribution in [1.29, 1.82) is 0 Å². The lowest BCUT2D eigenvalue weighted by Gasteiger charge is -1.95. The minimum atomic E-state index is 0.0692. The molecule has 92 valence electrons. The fourth-order valence-electron chi connectivity index (χ4n) is 1.71. The van der Waals surface area contributed by atoms with Crippen molar-refractivity contribution in [3.05, 3.63) is 61.8 Å². The number of aryl methyl sites for hydroxylation is 2. The van der Waals surface area contributed by atoms with Gasteiger partial charge in [-0.15, -0.1) is 11.3 Å². The topological polar surface area (TPSA) is 17.1 Å². The Bertz CT molecular complexity index is 593. The van der Waals surface area contributed by atoms with Crippen LogP contribution in [0, 0.1) is 13.8 Å². The third-order valence-corrected chi connectivity index (χ3v) is 4.10. The number of ketones is 1. The van der Waals surface area contributed by atoms with Crippen molar-refractivity contribution < 1.29 is 4.79 Å². The number of thiophene rings is 1. The molecule has 1 nitrogen and oxygen atoms in total. The van der Waals surface area contributed by atoms with E-state index in [2.05, 4.69) is 15.9 Å². The molecule has 0 aliphatic rings. The molecule has 0 fully saturated rings. The minimum absolute atomic E-state index is 0.0692. The summed E-state index contributed by atoms with van der Waals surface area (Å²) >= 11 is 5.05. The van der Waals surface area contributed by atoms with Gasteiger partial charge in [-0.1, -0.05) is 34.1 Å². The molecule has 2 aromatic rings.